The van der Waals surface area contributed by atoms with Crippen LogP contribution in [0.5, 0.6) is 0 Å². The molecule has 0 fully saturated rings. The van der Waals surface area contributed by atoms with Gasteiger partial charge in [-0.15, -0.1) is 0 Å². The van der Waals surface area contributed by atoms with E-state index in [1.807, 2.05) is 0 Å². The summed E-state index contributed by atoms with van der Waals surface area (Å²) in [6, 6.07) is 4.30. The molecule has 0 saturated carbocycles. The van der Waals surface area contributed by atoms with Gasteiger partial charge in [0.25, 0.3) is 10.0 Å². The number of fused-ring (bicyclic) bond motifs is 1. The molecule has 4 rings (SSSR count). The van der Waals surface area contributed by atoms with Crippen LogP contribution in [0.1, 0.15) is 15.9 Å². The second kappa shape index (κ2) is 8.03. The van der Waals surface area contributed by atoms with E-state index in [-0.39, 0.29) is 22.3 Å². The van der Waals surface area contributed by atoms with Crippen LogP contribution < -0.4 is 4.72 Å². The van der Waals surface area contributed by atoms with Gasteiger partial charge in [-0.05, 0) is 36.4 Å². The minimum Gasteiger partial charge on any atom is -0.345 e. The van der Waals surface area contributed by atoms with Gasteiger partial charge in [0.15, 0.2) is 5.82 Å². The Kier molecular flexibility index (Phi) is 5.35. The van der Waals surface area contributed by atoms with Crippen LogP contribution in [-0.4, -0.2) is 24.2 Å². The number of H-pyrrole nitrogens is 1. The minimum atomic E-state index is -4.83. The monoisotopic (exact) mass is 474 g/mol. The van der Waals surface area contributed by atoms with Crippen molar-refractivity contribution < 1.29 is 30.8 Å². The highest BCUT2D eigenvalue weighted by Crippen LogP contribution is 2.29. The van der Waals surface area contributed by atoms with Crippen LogP contribution in [0.4, 0.5) is 28.9 Å². The van der Waals surface area contributed by atoms with Crippen molar-refractivity contribution in [2.24, 2.45) is 0 Å². The number of nitrogens with zero attached hydrogens (tertiary/aromatic N) is 2. The Balaban J connectivity index is 1.79. The molecule has 0 bridgehead atoms. The Bertz CT molecular complexity index is 1590. The molecule has 166 valence electrons. The molecule has 0 aliphatic rings. The maximum absolute atomic E-state index is 15.1. The quantitative estimate of drug-likeness (QED) is 0.249. The van der Waals surface area contributed by atoms with E-state index in [0.717, 1.165) is 6.20 Å². The van der Waals surface area contributed by atoms with E-state index in [0.29, 0.717) is 30.3 Å². The SMILES string of the molecule is [C-]#[N+]c1cnc2[nH]cc(C(=O)c3c(F)ccc(NS(=O)(=O)c4cc(F)ccc4F)c3F)c2c1. The van der Waals surface area contributed by atoms with Gasteiger partial charge in [-0.1, -0.05) is 0 Å². The zero-order valence-electron chi connectivity index (χ0n) is 16.2. The van der Waals surface area contributed by atoms with Crippen LogP contribution in [0, 0.1) is 29.8 Å². The molecule has 2 aromatic heterocycles. The van der Waals surface area contributed by atoms with E-state index < -0.39 is 55.2 Å². The van der Waals surface area contributed by atoms with Gasteiger partial charge in [0.05, 0.1) is 17.8 Å². The molecule has 2 heterocycles. The molecule has 4 aromatic rings. The molecule has 0 unspecified atom stereocenters. The lowest BCUT2D eigenvalue weighted by molar-refractivity contribution is 0.103. The molecule has 0 spiro atoms. The van der Waals surface area contributed by atoms with Gasteiger partial charge in [0, 0.05) is 23.3 Å². The van der Waals surface area contributed by atoms with E-state index in [1.165, 1.54) is 12.3 Å². The molecule has 0 radical (unpaired) electrons. The van der Waals surface area contributed by atoms with Crippen LogP contribution >= 0.6 is 0 Å². The average molecular weight is 474 g/mol. The number of anilines is 1. The predicted octanol–water partition coefficient (Wildman–Crippen LogP) is 4.70. The first kappa shape index (κ1) is 22.0. The molecule has 7 nitrogen and oxygen atoms in total. The van der Waals surface area contributed by atoms with Gasteiger partial charge >= 0.3 is 0 Å². The maximum Gasteiger partial charge on any atom is 0.265 e. The molecule has 0 aliphatic carbocycles. The van der Waals surface area contributed by atoms with Gasteiger partial charge in [-0.25, -0.2) is 30.8 Å². The van der Waals surface area contributed by atoms with Gasteiger partial charge in [0.2, 0.25) is 11.5 Å². The molecular formula is C21H10F4N4O3S. The number of rotatable bonds is 5. The number of ketones is 1. The molecule has 12 heteroatoms. The summed E-state index contributed by atoms with van der Waals surface area (Å²) >= 11 is 0. The second-order valence-electron chi connectivity index (χ2n) is 6.70. The Morgan fingerprint density at radius 1 is 1.06 bits per heavy atom. The molecule has 0 aliphatic heterocycles. The summed E-state index contributed by atoms with van der Waals surface area (Å²) in [7, 11) is -4.83. The topological polar surface area (TPSA) is 96.3 Å². The number of benzene rings is 2. The minimum absolute atomic E-state index is 0.0794. The number of aromatic amines is 1. The number of hydrogen-bond donors (Lipinski definition) is 2. The Hall–Kier alpha value is -4.24. The molecule has 2 aromatic carbocycles. The number of halogens is 4. The fourth-order valence-electron chi connectivity index (χ4n) is 3.10. The van der Waals surface area contributed by atoms with Crippen molar-refractivity contribution in [1.82, 2.24) is 9.97 Å². The standard InChI is InChI=1S/C21H10F4N4O3S/c1-26-11-7-12-13(9-28-21(12)27-8-11)20(30)18-15(24)4-5-16(19(18)25)29-33(31,32)17-6-10(22)2-3-14(17)23/h2-9,29H,(H,27,28). The van der Waals surface area contributed by atoms with Crippen molar-refractivity contribution in [3.8, 4) is 0 Å². The molecule has 0 amide bonds. The molecule has 0 atom stereocenters. The largest absolute Gasteiger partial charge is 0.345 e. The highest BCUT2D eigenvalue weighted by Gasteiger charge is 2.27. The van der Waals surface area contributed by atoms with Crippen molar-refractivity contribution in [1.29, 1.82) is 0 Å². The average Bonchev–Trinajstić information content (AvgIpc) is 3.20. The number of sulfonamides is 1. The third-order valence-electron chi connectivity index (χ3n) is 4.64. The van der Waals surface area contributed by atoms with Crippen LogP contribution in [0.15, 0.2) is 53.7 Å². The van der Waals surface area contributed by atoms with Crippen molar-refractivity contribution in [3.63, 3.8) is 0 Å². The lowest BCUT2D eigenvalue weighted by Crippen LogP contribution is -2.17. The first-order valence-corrected chi connectivity index (χ1v) is 10.5. The maximum atomic E-state index is 15.1. The van der Waals surface area contributed by atoms with Crippen LogP contribution in [0.25, 0.3) is 15.9 Å². The summed E-state index contributed by atoms with van der Waals surface area (Å²) in [5, 5.41) is 0.125. The zero-order chi connectivity index (χ0) is 23.9. The van der Waals surface area contributed by atoms with Crippen LogP contribution in [-0.2, 0) is 10.0 Å². The third-order valence-corrected chi connectivity index (χ3v) is 6.02. The zero-order valence-corrected chi connectivity index (χ0v) is 17.0. The summed E-state index contributed by atoms with van der Waals surface area (Å²) in [4.78, 5) is 21.6. The van der Waals surface area contributed by atoms with Crippen molar-refractivity contribution in [2.75, 3.05) is 4.72 Å². The van der Waals surface area contributed by atoms with E-state index in [9.17, 15) is 26.4 Å². The Morgan fingerprint density at radius 3 is 2.52 bits per heavy atom. The van der Waals surface area contributed by atoms with Crippen molar-refractivity contribution >= 4 is 38.2 Å². The van der Waals surface area contributed by atoms with Gasteiger partial charge < -0.3 is 4.98 Å². The summed E-state index contributed by atoms with van der Waals surface area (Å²) in [6.45, 7) is 7.05. The van der Waals surface area contributed by atoms with Crippen molar-refractivity contribution in [2.45, 2.75) is 4.90 Å². The van der Waals surface area contributed by atoms with E-state index in [1.54, 1.807) is 4.72 Å². The molecule has 0 saturated heterocycles. The lowest BCUT2D eigenvalue weighted by Gasteiger charge is -2.12. The number of aromatic nitrogens is 2. The number of pyridine rings is 1. The summed E-state index contributed by atoms with van der Waals surface area (Å²) in [5.74, 6) is -6.37. The summed E-state index contributed by atoms with van der Waals surface area (Å²) in [6.07, 6.45) is 2.38. The lowest BCUT2D eigenvalue weighted by atomic mass is 10.0. The number of carbonyl (C=O) groups is 1. The fraction of sp³-hybridized carbons (Fsp3) is 0. The van der Waals surface area contributed by atoms with Gasteiger partial charge in [-0.2, -0.15) is 0 Å². The summed E-state index contributed by atoms with van der Waals surface area (Å²) < 4.78 is 83.5. The molecule has 2 N–H and O–H groups in total. The first-order chi connectivity index (χ1) is 15.6. The number of carbonyl (C=O) groups excluding carboxylic acids is 1. The first-order valence-electron chi connectivity index (χ1n) is 8.97. The van der Waals surface area contributed by atoms with E-state index >= 15 is 4.39 Å². The van der Waals surface area contributed by atoms with Crippen molar-refractivity contribution in [3.05, 3.63) is 94.6 Å². The van der Waals surface area contributed by atoms with E-state index in [4.69, 9.17) is 6.57 Å². The number of hydrogen-bond acceptors (Lipinski definition) is 4. The molecular weight excluding hydrogens is 464 g/mol. The van der Waals surface area contributed by atoms with Gasteiger partial charge in [0.1, 0.15) is 28.0 Å². The normalized spacial score (nSPS) is 11.4. The third kappa shape index (κ3) is 3.90. The smallest absolute Gasteiger partial charge is 0.265 e. The Morgan fingerprint density at radius 2 is 1.79 bits per heavy atom. The summed E-state index contributed by atoms with van der Waals surface area (Å²) in [5.41, 5.74) is -1.90. The van der Waals surface area contributed by atoms with Gasteiger partial charge in [-0.3, -0.25) is 14.5 Å². The second-order valence-corrected chi connectivity index (χ2v) is 8.35. The van der Waals surface area contributed by atoms with Crippen LogP contribution in [0.3, 0.4) is 0 Å². The molecule has 33 heavy (non-hydrogen) atoms. The number of nitrogens with one attached hydrogen (secondary N) is 2. The fourth-order valence-corrected chi connectivity index (χ4v) is 4.25. The van der Waals surface area contributed by atoms with E-state index in [2.05, 4.69) is 14.8 Å². The van der Waals surface area contributed by atoms with Crippen LogP contribution in [0.2, 0.25) is 0 Å². The highest BCUT2D eigenvalue weighted by atomic mass is 32.2. The Labute approximate surface area is 183 Å². The highest BCUT2D eigenvalue weighted by molar-refractivity contribution is 7.92. The predicted molar refractivity (Wildman–Crippen MR) is 109 cm³/mol.